The van der Waals surface area contributed by atoms with E-state index >= 15 is 0 Å². The number of nitrogens with zero attached hydrogens (tertiary/aromatic N) is 2. The lowest BCUT2D eigenvalue weighted by molar-refractivity contribution is -0.118. The molecule has 0 atom stereocenters. The third-order valence-electron chi connectivity index (χ3n) is 6.02. The van der Waals surface area contributed by atoms with Crippen LogP contribution in [0.2, 0.25) is 0 Å². The Bertz CT molecular complexity index is 1390. The second-order valence-electron chi connectivity index (χ2n) is 8.61. The number of carbonyl (C=O) groups is 2. The molecule has 0 aliphatic carbocycles. The monoisotopic (exact) mass is 486 g/mol. The van der Waals surface area contributed by atoms with Crippen molar-refractivity contribution in [1.29, 1.82) is 0 Å². The molecule has 3 aromatic carbocycles. The lowest BCUT2D eigenvalue weighted by Gasteiger charge is -2.12. The highest BCUT2D eigenvalue weighted by Crippen LogP contribution is 2.31. The summed E-state index contributed by atoms with van der Waals surface area (Å²) in [7, 11) is 1.62. The molecule has 4 aromatic rings. The Labute approximate surface area is 209 Å². The highest BCUT2D eigenvalue weighted by Gasteiger charge is 2.15. The minimum atomic E-state index is -1.34. The first-order valence-corrected chi connectivity index (χ1v) is 11.9. The van der Waals surface area contributed by atoms with E-state index in [4.69, 9.17) is 14.8 Å². The van der Waals surface area contributed by atoms with Gasteiger partial charge in [0.15, 0.2) is 0 Å². The van der Waals surface area contributed by atoms with Crippen LogP contribution in [0.25, 0.3) is 22.2 Å². The molecule has 0 bridgehead atoms. The summed E-state index contributed by atoms with van der Waals surface area (Å²) in [5, 5.41) is 14.9. The van der Waals surface area contributed by atoms with Gasteiger partial charge in [-0.05, 0) is 48.2 Å². The maximum Gasteiger partial charge on any atom is 0.511 e. The number of hydrogen-bond acceptors (Lipinski definition) is 5. The molecule has 8 nitrogen and oxygen atoms in total. The molecule has 0 saturated carbocycles. The molecule has 0 spiro atoms. The summed E-state index contributed by atoms with van der Waals surface area (Å²) in [6.45, 7) is 5.01. The fourth-order valence-electron chi connectivity index (χ4n) is 4.26. The van der Waals surface area contributed by atoms with Gasteiger partial charge in [-0.2, -0.15) is 0 Å². The molecule has 0 saturated heterocycles. The molecule has 0 aliphatic rings. The molecule has 36 heavy (non-hydrogen) atoms. The zero-order chi connectivity index (χ0) is 25.7. The van der Waals surface area contributed by atoms with E-state index in [1.54, 1.807) is 19.2 Å². The van der Waals surface area contributed by atoms with Gasteiger partial charge >= 0.3 is 6.16 Å². The van der Waals surface area contributed by atoms with Crippen molar-refractivity contribution in [2.24, 2.45) is 0 Å². The number of para-hydroxylation sites is 1. The van der Waals surface area contributed by atoms with Crippen molar-refractivity contribution >= 4 is 28.8 Å². The van der Waals surface area contributed by atoms with E-state index in [-0.39, 0.29) is 12.5 Å². The first-order chi connectivity index (χ1) is 17.4. The Morgan fingerprint density at radius 3 is 2.53 bits per heavy atom. The third-order valence-corrected chi connectivity index (χ3v) is 6.02. The van der Waals surface area contributed by atoms with Gasteiger partial charge in [-0.1, -0.05) is 49.4 Å². The van der Waals surface area contributed by atoms with Gasteiger partial charge in [0.1, 0.15) is 11.6 Å². The Morgan fingerprint density at radius 1 is 1.08 bits per heavy atom. The van der Waals surface area contributed by atoms with Crippen LogP contribution < -0.4 is 15.4 Å². The number of amides is 1. The van der Waals surface area contributed by atoms with Gasteiger partial charge in [-0.3, -0.25) is 4.79 Å². The maximum atomic E-state index is 11.7. The number of ether oxygens (including phenoxy) is 1. The number of aryl methyl sites for hydroxylation is 2. The Kier molecular flexibility index (Phi) is 7.53. The molecule has 0 unspecified atom stereocenters. The van der Waals surface area contributed by atoms with E-state index < -0.39 is 6.16 Å². The first-order valence-electron chi connectivity index (χ1n) is 11.9. The van der Waals surface area contributed by atoms with Gasteiger partial charge < -0.3 is 25.0 Å². The standard InChI is InChI=1S/C28H30N4O4/c1-4-7-25-31-27-18(2)14-21(30-16-26(33)29-3)15-23(27)32(25)17-19-10-12-20(13-11-19)22-8-5-6-9-24(22)36-28(34)35/h5-6,8-15,30H,4,7,16-17H2,1-3H3,(H,29,33)(H,34,35). The van der Waals surface area contributed by atoms with Crippen LogP contribution in [0.1, 0.15) is 30.3 Å². The van der Waals surface area contributed by atoms with Crippen LogP contribution in [-0.2, 0) is 17.8 Å². The number of benzene rings is 3. The largest absolute Gasteiger partial charge is 0.511 e. The molecule has 0 fully saturated rings. The minimum absolute atomic E-state index is 0.0802. The second-order valence-corrected chi connectivity index (χ2v) is 8.61. The van der Waals surface area contributed by atoms with Crippen LogP contribution in [0.15, 0.2) is 60.7 Å². The summed E-state index contributed by atoms with van der Waals surface area (Å²) in [5.41, 5.74) is 6.58. The van der Waals surface area contributed by atoms with Crippen molar-refractivity contribution in [2.45, 2.75) is 33.2 Å². The summed E-state index contributed by atoms with van der Waals surface area (Å²) in [6, 6.07) is 19.2. The summed E-state index contributed by atoms with van der Waals surface area (Å²) in [6.07, 6.45) is 0.491. The van der Waals surface area contributed by atoms with Crippen LogP contribution in [0, 0.1) is 6.92 Å². The molecular formula is C28H30N4O4. The Balaban J connectivity index is 1.66. The maximum absolute atomic E-state index is 11.7. The highest BCUT2D eigenvalue weighted by molar-refractivity contribution is 5.86. The van der Waals surface area contributed by atoms with Gasteiger partial charge in [-0.15, -0.1) is 0 Å². The Morgan fingerprint density at radius 2 is 1.83 bits per heavy atom. The van der Waals surface area contributed by atoms with Crippen LogP contribution in [0.5, 0.6) is 5.75 Å². The molecule has 4 rings (SSSR count). The predicted molar refractivity (Wildman–Crippen MR) is 141 cm³/mol. The highest BCUT2D eigenvalue weighted by atomic mass is 16.7. The number of hydrogen-bond donors (Lipinski definition) is 3. The number of imidazole rings is 1. The number of fused-ring (bicyclic) bond motifs is 1. The molecule has 0 aliphatic heterocycles. The van der Waals surface area contributed by atoms with E-state index in [2.05, 4.69) is 22.1 Å². The molecule has 1 amide bonds. The normalized spacial score (nSPS) is 10.9. The zero-order valence-corrected chi connectivity index (χ0v) is 20.7. The minimum Gasteiger partial charge on any atom is -0.449 e. The first kappa shape index (κ1) is 24.8. The molecular weight excluding hydrogens is 456 g/mol. The molecule has 0 radical (unpaired) electrons. The topological polar surface area (TPSA) is 105 Å². The van der Waals surface area contributed by atoms with Crippen molar-refractivity contribution in [2.75, 3.05) is 18.9 Å². The van der Waals surface area contributed by atoms with E-state index in [1.165, 1.54) is 0 Å². The average molecular weight is 487 g/mol. The summed E-state index contributed by atoms with van der Waals surface area (Å²) < 4.78 is 7.17. The number of carbonyl (C=O) groups excluding carboxylic acids is 1. The molecule has 1 heterocycles. The van der Waals surface area contributed by atoms with Gasteiger partial charge in [0.25, 0.3) is 0 Å². The number of rotatable bonds is 9. The Hall–Kier alpha value is -4.33. The van der Waals surface area contributed by atoms with E-state index in [0.717, 1.165) is 52.1 Å². The smallest absolute Gasteiger partial charge is 0.449 e. The van der Waals surface area contributed by atoms with Gasteiger partial charge in [0, 0.05) is 31.3 Å². The fraction of sp³-hybridized carbons (Fsp3) is 0.250. The lowest BCUT2D eigenvalue weighted by atomic mass is 10.0. The molecule has 1 aromatic heterocycles. The third kappa shape index (κ3) is 5.49. The molecule has 3 N–H and O–H groups in total. The summed E-state index contributed by atoms with van der Waals surface area (Å²) in [4.78, 5) is 27.7. The van der Waals surface area contributed by atoms with Gasteiger partial charge in [0.2, 0.25) is 5.91 Å². The lowest BCUT2D eigenvalue weighted by Crippen LogP contribution is -2.26. The number of nitrogens with one attached hydrogen (secondary N) is 2. The number of carboxylic acid groups (broad SMARTS) is 1. The van der Waals surface area contributed by atoms with Crippen LogP contribution in [-0.4, -0.2) is 40.3 Å². The van der Waals surface area contributed by atoms with E-state index in [0.29, 0.717) is 17.9 Å². The fourth-order valence-corrected chi connectivity index (χ4v) is 4.26. The zero-order valence-electron chi connectivity index (χ0n) is 20.7. The summed E-state index contributed by atoms with van der Waals surface area (Å²) in [5.74, 6) is 1.24. The molecule has 8 heteroatoms. The SMILES string of the molecule is CCCc1nc2c(C)cc(NCC(=O)NC)cc2n1Cc1ccc(-c2ccccc2OC(=O)O)cc1. The van der Waals surface area contributed by atoms with Crippen LogP contribution in [0.3, 0.4) is 0 Å². The van der Waals surface area contributed by atoms with Crippen LogP contribution in [0.4, 0.5) is 10.5 Å². The molecule has 186 valence electrons. The number of likely N-dealkylation sites (N-methyl/N-ethyl adjacent to an activating group) is 1. The van der Waals surface area contributed by atoms with Crippen molar-refractivity contribution in [3.63, 3.8) is 0 Å². The second kappa shape index (κ2) is 10.9. The van der Waals surface area contributed by atoms with Crippen LogP contribution >= 0.6 is 0 Å². The van der Waals surface area contributed by atoms with Crippen molar-refractivity contribution < 1.29 is 19.4 Å². The van der Waals surface area contributed by atoms with Crippen molar-refractivity contribution in [3.8, 4) is 16.9 Å². The quantitative estimate of drug-likeness (QED) is 0.221. The number of aromatic nitrogens is 2. The van der Waals surface area contributed by atoms with Gasteiger partial charge in [-0.25, -0.2) is 9.78 Å². The van der Waals surface area contributed by atoms with Gasteiger partial charge in [0.05, 0.1) is 17.6 Å². The van der Waals surface area contributed by atoms with Crippen molar-refractivity contribution in [3.05, 3.63) is 77.6 Å². The van der Waals surface area contributed by atoms with E-state index in [1.807, 2.05) is 55.5 Å². The average Bonchev–Trinajstić information content (AvgIpc) is 3.21. The number of anilines is 1. The predicted octanol–water partition coefficient (Wildman–Crippen LogP) is 5.23. The van der Waals surface area contributed by atoms with E-state index in [9.17, 15) is 9.59 Å². The summed E-state index contributed by atoms with van der Waals surface area (Å²) >= 11 is 0. The van der Waals surface area contributed by atoms with Crippen molar-refractivity contribution in [1.82, 2.24) is 14.9 Å².